The molecule has 0 aliphatic heterocycles. The molecule has 0 aliphatic carbocycles. The molecule has 2 aromatic rings. The highest BCUT2D eigenvalue weighted by molar-refractivity contribution is 7.90. The van der Waals surface area contributed by atoms with Crippen molar-refractivity contribution in [3.05, 3.63) is 63.7 Å². The smallest absolute Gasteiger partial charge is 0.271 e. The van der Waals surface area contributed by atoms with Gasteiger partial charge in [-0.15, -0.1) is 0 Å². The summed E-state index contributed by atoms with van der Waals surface area (Å²) in [6, 6.07) is 9.01. The molecule has 2 amide bonds. The molecule has 0 heterocycles. The van der Waals surface area contributed by atoms with E-state index in [0.29, 0.717) is 11.3 Å². The topological polar surface area (TPSA) is 135 Å². The van der Waals surface area contributed by atoms with Gasteiger partial charge in [-0.1, -0.05) is 0 Å². The first-order valence-electron chi connectivity index (χ1n) is 8.50. The van der Waals surface area contributed by atoms with E-state index in [2.05, 4.69) is 10.6 Å². The Morgan fingerprint density at radius 3 is 2.03 bits per heavy atom. The van der Waals surface area contributed by atoms with Crippen LogP contribution in [0.3, 0.4) is 0 Å². The summed E-state index contributed by atoms with van der Waals surface area (Å²) in [7, 11) is -3.75. The van der Waals surface area contributed by atoms with Crippen molar-refractivity contribution in [2.45, 2.75) is 31.2 Å². The Labute approximate surface area is 168 Å². The molecule has 29 heavy (non-hydrogen) atoms. The van der Waals surface area contributed by atoms with Crippen LogP contribution in [0.25, 0.3) is 0 Å². The van der Waals surface area contributed by atoms with E-state index in [-0.39, 0.29) is 16.4 Å². The Morgan fingerprint density at radius 2 is 1.55 bits per heavy atom. The fourth-order valence-corrected chi connectivity index (χ4v) is 3.03. The van der Waals surface area contributed by atoms with Crippen molar-refractivity contribution in [1.82, 2.24) is 5.32 Å². The van der Waals surface area contributed by atoms with Crippen LogP contribution in [0, 0.1) is 10.1 Å². The molecule has 2 aromatic carbocycles. The lowest BCUT2D eigenvalue weighted by Gasteiger charge is -2.20. The number of hydrogen-bond acceptors (Lipinski definition) is 6. The Hall–Kier alpha value is -3.27. The average Bonchev–Trinajstić information content (AvgIpc) is 2.59. The lowest BCUT2D eigenvalue weighted by atomic mass is 10.1. The fourth-order valence-electron chi connectivity index (χ4n) is 2.35. The normalized spacial score (nSPS) is 11.6. The zero-order valence-corrected chi connectivity index (χ0v) is 17.2. The molecule has 0 unspecified atom stereocenters. The number of anilines is 1. The average molecular weight is 419 g/mol. The molecular formula is C19H21N3O6S. The maximum atomic E-state index is 12.5. The molecule has 0 radical (unpaired) electrons. The lowest BCUT2D eigenvalue weighted by molar-refractivity contribution is -0.385. The number of carbonyl (C=O) groups is 2. The van der Waals surface area contributed by atoms with Crippen molar-refractivity contribution in [1.29, 1.82) is 0 Å². The van der Waals surface area contributed by atoms with Crippen molar-refractivity contribution in [2.75, 3.05) is 11.6 Å². The number of nitrogens with one attached hydrogen (secondary N) is 2. The van der Waals surface area contributed by atoms with Gasteiger partial charge in [-0.2, -0.15) is 0 Å². The summed E-state index contributed by atoms with van der Waals surface area (Å²) in [6.07, 6.45) is 0.898. The van der Waals surface area contributed by atoms with Crippen molar-refractivity contribution in [2.24, 2.45) is 0 Å². The minimum atomic E-state index is -3.75. The quantitative estimate of drug-likeness (QED) is 0.565. The van der Waals surface area contributed by atoms with Crippen molar-refractivity contribution < 1.29 is 22.9 Å². The summed E-state index contributed by atoms with van der Waals surface area (Å²) in [5.74, 6) is -0.989. The predicted molar refractivity (Wildman–Crippen MR) is 108 cm³/mol. The molecule has 0 atom stereocenters. The van der Waals surface area contributed by atoms with Crippen LogP contribution in [0.4, 0.5) is 11.4 Å². The van der Waals surface area contributed by atoms with Crippen molar-refractivity contribution in [3.63, 3.8) is 0 Å². The van der Waals surface area contributed by atoms with Gasteiger partial charge in [0.25, 0.3) is 17.5 Å². The number of non-ortho nitro benzene ring substituents is 1. The van der Waals surface area contributed by atoms with E-state index in [9.17, 15) is 28.1 Å². The van der Waals surface area contributed by atoms with Gasteiger partial charge in [0.15, 0.2) is 9.84 Å². The number of nitro benzene ring substituents is 1. The van der Waals surface area contributed by atoms with E-state index < -0.39 is 31.9 Å². The van der Waals surface area contributed by atoms with Gasteiger partial charge >= 0.3 is 0 Å². The van der Waals surface area contributed by atoms with E-state index in [4.69, 9.17) is 0 Å². The molecule has 10 heteroatoms. The van der Waals surface area contributed by atoms with E-state index >= 15 is 0 Å². The van der Waals surface area contributed by atoms with Crippen LogP contribution in [-0.4, -0.2) is 37.0 Å². The molecule has 0 fully saturated rings. The number of nitrogens with zero attached hydrogens (tertiary/aromatic N) is 1. The number of sulfone groups is 1. The van der Waals surface area contributed by atoms with Gasteiger partial charge in [-0.25, -0.2) is 8.42 Å². The van der Waals surface area contributed by atoms with Crippen LogP contribution in [-0.2, 0) is 9.84 Å². The van der Waals surface area contributed by atoms with Gasteiger partial charge in [0.05, 0.1) is 9.82 Å². The van der Waals surface area contributed by atoms with Crippen LogP contribution in [0.15, 0.2) is 47.4 Å². The molecule has 0 saturated carbocycles. The summed E-state index contributed by atoms with van der Waals surface area (Å²) in [5.41, 5.74) is -0.340. The van der Waals surface area contributed by atoms with Gasteiger partial charge in [0.2, 0.25) is 0 Å². The SMILES string of the molecule is CC(C)(C)NC(=O)c1ccc(NC(=O)c2cc([N+](=O)[O-])cc(S(C)(=O)=O)c2)cc1. The fraction of sp³-hybridized carbons (Fsp3) is 0.263. The summed E-state index contributed by atoms with van der Waals surface area (Å²) in [6.45, 7) is 5.55. The molecule has 0 saturated heterocycles. The minimum absolute atomic E-state index is 0.172. The molecule has 2 rings (SSSR count). The molecule has 0 aliphatic rings. The number of nitro groups is 1. The van der Waals surface area contributed by atoms with Gasteiger partial charge in [0, 0.05) is 40.7 Å². The second kappa shape index (κ2) is 8.00. The van der Waals surface area contributed by atoms with Gasteiger partial charge in [0.1, 0.15) is 0 Å². The minimum Gasteiger partial charge on any atom is -0.347 e. The standard InChI is InChI=1S/C19H21N3O6S/c1-19(2,3)21-18(24)12-5-7-14(8-6-12)20-17(23)13-9-15(22(25)26)11-16(10-13)29(4,27)28/h5-11H,1-4H3,(H,20,23)(H,21,24). The van der Waals surface area contributed by atoms with Gasteiger partial charge < -0.3 is 10.6 Å². The highest BCUT2D eigenvalue weighted by Crippen LogP contribution is 2.22. The maximum Gasteiger partial charge on any atom is 0.271 e. The van der Waals surface area contributed by atoms with E-state index in [0.717, 1.165) is 24.5 Å². The van der Waals surface area contributed by atoms with Gasteiger partial charge in [-0.3, -0.25) is 19.7 Å². The largest absolute Gasteiger partial charge is 0.347 e. The number of benzene rings is 2. The maximum absolute atomic E-state index is 12.5. The Morgan fingerprint density at radius 1 is 0.966 bits per heavy atom. The lowest BCUT2D eigenvalue weighted by Crippen LogP contribution is -2.40. The first-order valence-corrected chi connectivity index (χ1v) is 10.4. The summed E-state index contributed by atoms with van der Waals surface area (Å²) >= 11 is 0. The van der Waals surface area contributed by atoms with Crippen molar-refractivity contribution in [3.8, 4) is 0 Å². The number of hydrogen-bond donors (Lipinski definition) is 2. The molecule has 0 bridgehead atoms. The Bertz CT molecular complexity index is 1070. The molecule has 9 nitrogen and oxygen atoms in total. The van der Waals surface area contributed by atoms with Crippen LogP contribution < -0.4 is 10.6 Å². The van der Waals surface area contributed by atoms with Crippen LogP contribution in [0.1, 0.15) is 41.5 Å². The number of rotatable bonds is 5. The first-order chi connectivity index (χ1) is 13.3. The summed E-state index contributed by atoms with van der Waals surface area (Å²) in [5, 5.41) is 16.4. The van der Waals surface area contributed by atoms with Crippen LogP contribution >= 0.6 is 0 Å². The van der Waals surface area contributed by atoms with E-state index in [1.807, 2.05) is 20.8 Å². The molecular weight excluding hydrogens is 398 g/mol. The highest BCUT2D eigenvalue weighted by atomic mass is 32.2. The third-order valence-corrected chi connectivity index (χ3v) is 4.78. The van der Waals surface area contributed by atoms with Crippen LogP contribution in [0.5, 0.6) is 0 Å². The molecule has 0 aromatic heterocycles. The second-order valence-corrected chi connectivity index (χ2v) is 9.50. The zero-order chi connectivity index (χ0) is 22.0. The summed E-state index contributed by atoms with van der Waals surface area (Å²) < 4.78 is 23.5. The predicted octanol–water partition coefficient (Wildman–Crippen LogP) is 2.78. The summed E-state index contributed by atoms with van der Waals surface area (Å²) in [4.78, 5) is 34.6. The Kier molecular flexibility index (Phi) is 6.07. The van der Waals surface area contributed by atoms with Crippen molar-refractivity contribution >= 4 is 33.0 Å². The van der Waals surface area contributed by atoms with E-state index in [1.54, 1.807) is 0 Å². The molecule has 2 N–H and O–H groups in total. The van der Waals surface area contributed by atoms with Gasteiger partial charge in [-0.05, 0) is 51.1 Å². The number of carbonyl (C=O) groups excluding carboxylic acids is 2. The van der Waals surface area contributed by atoms with Crippen LogP contribution in [0.2, 0.25) is 0 Å². The number of amides is 2. The Balaban J connectivity index is 2.25. The monoisotopic (exact) mass is 419 g/mol. The van der Waals surface area contributed by atoms with E-state index in [1.165, 1.54) is 24.3 Å². The molecule has 154 valence electrons. The first kappa shape index (κ1) is 22.0. The second-order valence-electron chi connectivity index (χ2n) is 7.48. The third kappa shape index (κ3) is 6.11. The highest BCUT2D eigenvalue weighted by Gasteiger charge is 2.20. The zero-order valence-electron chi connectivity index (χ0n) is 16.3. The third-order valence-electron chi connectivity index (χ3n) is 3.69. The molecule has 0 spiro atoms.